The van der Waals surface area contributed by atoms with Crippen molar-refractivity contribution in [1.82, 2.24) is 14.5 Å². The topological polar surface area (TPSA) is 76.9 Å². The summed E-state index contributed by atoms with van der Waals surface area (Å²) in [6, 6.07) is 3.24. The number of imidazole rings is 1. The fourth-order valence-corrected chi connectivity index (χ4v) is 2.91. The lowest BCUT2D eigenvalue weighted by atomic mass is 10.3. The summed E-state index contributed by atoms with van der Waals surface area (Å²) in [6.07, 6.45) is 6.62. The lowest BCUT2D eigenvalue weighted by Crippen LogP contribution is -2.07. The maximum atomic E-state index is 11.3. The molecule has 0 amide bonds. The number of pyridine rings is 1. The van der Waals surface area contributed by atoms with Gasteiger partial charge >= 0.3 is 0 Å². The third kappa shape index (κ3) is 2.53. The number of fused-ring (bicyclic) bond motifs is 1. The zero-order chi connectivity index (χ0) is 14.2. The van der Waals surface area contributed by atoms with Gasteiger partial charge in [0.1, 0.15) is 11.6 Å². The first-order chi connectivity index (χ1) is 9.54. The molecule has 1 N–H and O–H groups in total. The summed E-state index contributed by atoms with van der Waals surface area (Å²) in [6.45, 7) is 1.66. The molecule has 7 heteroatoms. The van der Waals surface area contributed by atoms with E-state index in [1.807, 2.05) is 6.20 Å². The smallest absolute Gasteiger partial charge is 0.177 e. The highest BCUT2D eigenvalue weighted by Crippen LogP contribution is 2.17. The van der Waals surface area contributed by atoms with Crippen LogP contribution >= 0.6 is 0 Å². The average molecular weight is 292 g/mol. The lowest BCUT2D eigenvalue weighted by molar-refractivity contribution is 0.601. The highest BCUT2D eigenvalue weighted by atomic mass is 32.2. The number of nitrogens with zero attached hydrogens (tertiary/aromatic N) is 3. The van der Waals surface area contributed by atoms with Crippen LogP contribution in [0.5, 0.6) is 0 Å². The maximum absolute atomic E-state index is 11.3. The van der Waals surface area contributed by atoms with Crippen molar-refractivity contribution in [3.05, 3.63) is 36.0 Å². The SMILES string of the molecule is CS(=O)(=O)c1ccc(NCc2cnc3n2CCC3)nc1. The van der Waals surface area contributed by atoms with Crippen molar-refractivity contribution in [2.75, 3.05) is 11.6 Å². The molecule has 0 radical (unpaired) electrons. The summed E-state index contributed by atoms with van der Waals surface area (Å²) in [4.78, 5) is 8.73. The van der Waals surface area contributed by atoms with Crippen molar-refractivity contribution < 1.29 is 8.42 Å². The molecule has 0 spiro atoms. The zero-order valence-corrected chi connectivity index (χ0v) is 12.0. The predicted octanol–water partition coefficient (Wildman–Crippen LogP) is 1.24. The normalized spacial score (nSPS) is 14.2. The molecule has 0 aliphatic carbocycles. The number of sulfone groups is 1. The molecular formula is C13H16N4O2S. The summed E-state index contributed by atoms with van der Waals surface area (Å²) in [5.74, 6) is 1.80. The van der Waals surface area contributed by atoms with Crippen LogP contribution in [0, 0.1) is 0 Å². The second-order valence-electron chi connectivity index (χ2n) is 4.93. The molecule has 2 aromatic heterocycles. The van der Waals surface area contributed by atoms with E-state index in [4.69, 9.17) is 0 Å². The number of nitrogens with one attached hydrogen (secondary N) is 1. The summed E-state index contributed by atoms with van der Waals surface area (Å²) in [5.41, 5.74) is 1.13. The Morgan fingerprint density at radius 3 is 2.85 bits per heavy atom. The van der Waals surface area contributed by atoms with Gasteiger partial charge in [-0.05, 0) is 18.6 Å². The molecule has 0 atom stereocenters. The minimum absolute atomic E-state index is 0.230. The molecule has 0 saturated carbocycles. The van der Waals surface area contributed by atoms with E-state index >= 15 is 0 Å². The highest BCUT2D eigenvalue weighted by Gasteiger charge is 2.15. The number of aryl methyl sites for hydroxylation is 1. The van der Waals surface area contributed by atoms with Gasteiger partial charge in [0.15, 0.2) is 9.84 Å². The van der Waals surface area contributed by atoms with Gasteiger partial charge in [-0.25, -0.2) is 18.4 Å². The van der Waals surface area contributed by atoms with Crippen LogP contribution in [0.3, 0.4) is 0 Å². The van der Waals surface area contributed by atoms with Crippen LogP contribution in [0.2, 0.25) is 0 Å². The molecule has 0 aromatic carbocycles. The van der Waals surface area contributed by atoms with E-state index in [0.29, 0.717) is 12.4 Å². The summed E-state index contributed by atoms with van der Waals surface area (Å²) in [7, 11) is -3.19. The summed E-state index contributed by atoms with van der Waals surface area (Å²) >= 11 is 0. The lowest BCUT2D eigenvalue weighted by Gasteiger charge is -2.08. The Labute approximate surface area is 117 Å². The Hall–Kier alpha value is -1.89. The monoisotopic (exact) mass is 292 g/mol. The molecule has 0 bridgehead atoms. The van der Waals surface area contributed by atoms with Crippen molar-refractivity contribution >= 4 is 15.7 Å². The van der Waals surface area contributed by atoms with Gasteiger partial charge in [0.25, 0.3) is 0 Å². The first kappa shape index (κ1) is 13.1. The van der Waals surface area contributed by atoms with E-state index in [1.54, 1.807) is 12.1 Å². The Balaban J connectivity index is 1.69. The fraction of sp³-hybridized carbons (Fsp3) is 0.385. The average Bonchev–Trinajstić information content (AvgIpc) is 2.99. The van der Waals surface area contributed by atoms with Gasteiger partial charge in [-0.1, -0.05) is 0 Å². The minimum Gasteiger partial charge on any atom is -0.364 e. The molecule has 6 nitrogen and oxygen atoms in total. The molecule has 1 aliphatic heterocycles. The third-order valence-electron chi connectivity index (χ3n) is 3.42. The second-order valence-corrected chi connectivity index (χ2v) is 6.94. The van der Waals surface area contributed by atoms with Gasteiger partial charge in [0.2, 0.25) is 0 Å². The van der Waals surface area contributed by atoms with Crippen LogP contribution in [-0.4, -0.2) is 29.2 Å². The molecule has 0 fully saturated rings. The standard InChI is InChI=1S/C13H16N4O2S/c1-20(18,19)11-4-5-12(15-9-11)14-7-10-8-16-13-3-2-6-17(10)13/h4-5,8-9H,2-3,6-7H2,1H3,(H,14,15). The van der Waals surface area contributed by atoms with Gasteiger partial charge in [-0.2, -0.15) is 0 Å². The molecule has 0 unspecified atom stereocenters. The van der Waals surface area contributed by atoms with Crippen LogP contribution in [-0.2, 0) is 29.3 Å². The first-order valence-corrected chi connectivity index (χ1v) is 8.36. The molecular weight excluding hydrogens is 276 g/mol. The van der Waals surface area contributed by atoms with Crippen molar-refractivity contribution in [1.29, 1.82) is 0 Å². The molecule has 1 aliphatic rings. The van der Waals surface area contributed by atoms with Crippen molar-refractivity contribution in [3.63, 3.8) is 0 Å². The van der Waals surface area contributed by atoms with Gasteiger partial charge in [-0.15, -0.1) is 0 Å². The number of hydrogen-bond donors (Lipinski definition) is 1. The van der Waals surface area contributed by atoms with Crippen LogP contribution in [0.1, 0.15) is 17.9 Å². The summed E-state index contributed by atoms with van der Waals surface area (Å²) in [5, 5.41) is 3.19. The van der Waals surface area contributed by atoms with E-state index in [2.05, 4.69) is 19.9 Å². The highest BCUT2D eigenvalue weighted by molar-refractivity contribution is 7.90. The number of hydrogen-bond acceptors (Lipinski definition) is 5. The Morgan fingerprint density at radius 1 is 1.30 bits per heavy atom. The van der Waals surface area contributed by atoms with Crippen LogP contribution in [0.4, 0.5) is 5.82 Å². The van der Waals surface area contributed by atoms with E-state index in [0.717, 1.165) is 30.9 Å². The van der Waals surface area contributed by atoms with Crippen LogP contribution in [0.25, 0.3) is 0 Å². The number of rotatable bonds is 4. The molecule has 3 rings (SSSR count). The van der Waals surface area contributed by atoms with Crippen LogP contribution < -0.4 is 5.32 Å². The first-order valence-electron chi connectivity index (χ1n) is 6.47. The third-order valence-corrected chi connectivity index (χ3v) is 4.52. The van der Waals surface area contributed by atoms with Crippen molar-refractivity contribution in [2.45, 2.75) is 30.8 Å². The number of aromatic nitrogens is 3. The minimum atomic E-state index is -3.19. The Morgan fingerprint density at radius 2 is 2.15 bits per heavy atom. The Kier molecular flexibility index (Phi) is 3.21. The molecule has 3 heterocycles. The molecule has 106 valence electrons. The number of anilines is 1. The molecule has 20 heavy (non-hydrogen) atoms. The molecule has 2 aromatic rings. The van der Waals surface area contributed by atoms with E-state index in [9.17, 15) is 8.42 Å². The second kappa shape index (κ2) is 4.90. The predicted molar refractivity (Wildman–Crippen MR) is 75.2 cm³/mol. The summed E-state index contributed by atoms with van der Waals surface area (Å²) < 4.78 is 24.9. The van der Waals surface area contributed by atoms with E-state index < -0.39 is 9.84 Å². The fourth-order valence-electron chi connectivity index (χ4n) is 2.35. The van der Waals surface area contributed by atoms with Gasteiger partial charge in [0, 0.05) is 25.4 Å². The largest absolute Gasteiger partial charge is 0.364 e. The maximum Gasteiger partial charge on any atom is 0.177 e. The van der Waals surface area contributed by atoms with Crippen LogP contribution in [0.15, 0.2) is 29.4 Å². The van der Waals surface area contributed by atoms with Crippen molar-refractivity contribution in [3.8, 4) is 0 Å². The quantitative estimate of drug-likeness (QED) is 0.917. The van der Waals surface area contributed by atoms with Gasteiger partial charge in [-0.3, -0.25) is 0 Å². The van der Waals surface area contributed by atoms with E-state index in [-0.39, 0.29) is 4.90 Å². The molecule has 0 saturated heterocycles. The zero-order valence-electron chi connectivity index (χ0n) is 11.2. The van der Waals surface area contributed by atoms with Crippen molar-refractivity contribution in [2.24, 2.45) is 0 Å². The van der Waals surface area contributed by atoms with Gasteiger partial charge < -0.3 is 9.88 Å². The Bertz CT molecular complexity index is 719. The van der Waals surface area contributed by atoms with Gasteiger partial charge in [0.05, 0.1) is 23.3 Å². The van der Waals surface area contributed by atoms with E-state index in [1.165, 1.54) is 12.5 Å².